The minimum atomic E-state index is 0.0957. The van der Waals surface area contributed by atoms with Gasteiger partial charge in [-0.25, -0.2) is 0 Å². The number of hydrogen-bond acceptors (Lipinski definition) is 4. The van der Waals surface area contributed by atoms with Gasteiger partial charge in [-0.05, 0) is 37.2 Å². The lowest BCUT2D eigenvalue weighted by atomic mass is 9.85. The van der Waals surface area contributed by atoms with Crippen LogP contribution in [-0.4, -0.2) is 49.3 Å². The van der Waals surface area contributed by atoms with Gasteiger partial charge in [0.15, 0.2) is 0 Å². The molecule has 1 unspecified atom stereocenters. The summed E-state index contributed by atoms with van der Waals surface area (Å²) in [4.78, 5) is 0. The summed E-state index contributed by atoms with van der Waals surface area (Å²) in [6.45, 7) is 8.89. The normalized spacial score (nSPS) is 39.4. The smallest absolute Gasteiger partial charge is 0.0857 e. The molecule has 2 rings (SSSR count). The van der Waals surface area contributed by atoms with E-state index < -0.39 is 0 Å². The summed E-state index contributed by atoms with van der Waals surface area (Å²) in [5.41, 5.74) is 1.21. The summed E-state index contributed by atoms with van der Waals surface area (Å²) in [6.07, 6.45) is 6.37. The zero-order chi connectivity index (χ0) is 16.1. The maximum absolute atomic E-state index is 9.00. The van der Waals surface area contributed by atoms with Crippen molar-refractivity contribution >= 4 is 0 Å². The average molecular weight is 312 g/mol. The minimum absolute atomic E-state index is 0.0957. The van der Waals surface area contributed by atoms with Gasteiger partial charge >= 0.3 is 0 Å². The van der Waals surface area contributed by atoms with Crippen LogP contribution in [0.15, 0.2) is 12.2 Å². The van der Waals surface area contributed by atoms with E-state index in [1.54, 1.807) is 7.11 Å². The molecule has 2 aliphatic heterocycles. The first-order valence-corrected chi connectivity index (χ1v) is 8.72. The van der Waals surface area contributed by atoms with E-state index in [2.05, 4.69) is 20.4 Å². The van der Waals surface area contributed by atoms with E-state index in [-0.39, 0.29) is 31.0 Å². The molecule has 2 saturated heterocycles. The summed E-state index contributed by atoms with van der Waals surface area (Å²) in [7, 11) is 1.74. The Kier molecular flexibility index (Phi) is 6.87. The van der Waals surface area contributed by atoms with E-state index >= 15 is 0 Å². The number of hydrogen-bond donors (Lipinski definition) is 1. The molecule has 0 aliphatic carbocycles. The van der Waals surface area contributed by atoms with Gasteiger partial charge in [0, 0.05) is 26.6 Å². The van der Waals surface area contributed by atoms with Crippen LogP contribution in [-0.2, 0) is 14.2 Å². The Morgan fingerprint density at radius 1 is 1.27 bits per heavy atom. The summed E-state index contributed by atoms with van der Waals surface area (Å²) in [6, 6.07) is 0. The first-order valence-electron chi connectivity index (χ1n) is 8.72. The van der Waals surface area contributed by atoms with Gasteiger partial charge in [0.1, 0.15) is 0 Å². The van der Waals surface area contributed by atoms with Crippen molar-refractivity contribution in [3.8, 4) is 0 Å². The van der Waals surface area contributed by atoms with Gasteiger partial charge in [-0.15, -0.1) is 0 Å². The maximum Gasteiger partial charge on any atom is 0.0857 e. The SMILES string of the molecule is C=C1C(C[C@H]2C[C@@H](OC)[C@@H](CCCO)O2)O[C@@H](CC)C[C@H]1C. The molecule has 22 heavy (non-hydrogen) atoms. The number of rotatable bonds is 7. The second-order valence-electron chi connectivity index (χ2n) is 6.77. The topological polar surface area (TPSA) is 47.9 Å². The Balaban J connectivity index is 1.91. The van der Waals surface area contributed by atoms with Crippen molar-refractivity contribution in [1.29, 1.82) is 0 Å². The van der Waals surface area contributed by atoms with Crippen LogP contribution in [0, 0.1) is 5.92 Å². The molecule has 0 spiro atoms. The van der Waals surface area contributed by atoms with Crippen molar-refractivity contribution in [2.75, 3.05) is 13.7 Å². The third-order valence-corrected chi connectivity index (χ3v) is 5.18. The Hall–Kier alpha value is -0.420. The highest BCUT2D eigenvalue weighted by Gasteiger charge is 2.38. The van der Waals surface area contributed by atoms with Crippen molar-refractivity contribution in [2.45, 2.75) is 82.9 Å². The lowest BCUT2D eigenvalue weighted by molar-refractivity contribution is -0.0670. The van der Waals surface area contributed by atoms with Gasteiger partial charge in [-0.3, -0.25) is 0 Å². The number of methoxy groups -OCH3 is 1. The highest BCUT2D eigenvalue weighted by Crippen LogP contribution is 2.36. The van der Waals surface area contributed by atoms with Gasteiger partial charge in [-0.2, -0.15) is 0 Å². The van der Waals surface area contributed by atoms with Crippen LogP contribution in [0.4, 0.5) is 0 Å². The molecule has 0 amide bonds. The fourth-order valence-corrected chi connectivity index (χ4v) is 3.69. The van der Waals surface area contributed by atoms with Gasteiger partial charge in [0.05, 0.1) is 30.5 Å². The van der Waals surface area contributed by atoms with Gasteiger partial charge in [-0.1, -0.05) is 20.4 Å². The van der Waals surface area contributed by atoms with Crippen LogP contribution in [0.25, 0.3) is 0 Å². The van der Waals surface area contributed by atoms with Crippen molar-refractivity contribution in [1.82, 2.24) is 0 Å². The van der Waals surface area contributed by atoms with E-state index in [0.717, 1.165) is 38.5 Å². The summed E-state index contributed by atoms with van der Waals surface area (Å²) in [5, 5.41) is 9.00. The predicted octanol–water partition coefficient (Wildman–Crippen LogP) is 3.08. The van der Waals surface area contributed by atoms with Crippen molar-refractivity contribution < 1.29 is 19.3 Å². The molecule has 6 atom stereocenters. The Bertz CT molecular complexity index is 357. The molecule has 2 heterocycles. The number of aliphatic hydroxyl groups excluding tert-OH is 1. The Labute approximate surface area is 134 Å². The molecule has 4 nitrogen and oxygen atoms in total. The maximum atomic E-state index is 9.00. The largest absolute Gasteiger partial charge is 0.396 e. The number of ether oxygens (including phenoxy) is 3. The van der Waals surface area contributed by atoms with E-state index in [0.29, 0.717) is 12.0 Å². The first-order chi connectivity index (χ1) is 10.6. The number of aliphatic hydroxyl groups is 1. The van der Waals surface area contributed by atoms with Crippen LogP contribution in [0.3, 0.4) is 0 Å². The van der Waals surface area contributed by atoms with E-state index in [4.69, 9.17) is 19.3 Å². The molecule has 0 saturated carbocycles. The van der Waals surface area contributed by atoms with E-state index in [9.17, 15) is 0 Å². The first kappa shape index (κ1) is 17.9. The van der Waals surface area contributed by atoms with E-state index in [1.165, 1.54) is 5.57 Å². The lowest BCUT2D eigenvalue weighted by Gasteiger charge is -2.36. The van der Waals surface area contributed by atoms with Crippen LogP contribution in [0.2, 0.25) is 0 Å². The highest BCUT2D eigenvalue weighted by atomic mass is 16.6. The van der Waals surface area contributed by atoms with Crippen LogP contribution >= 0.6 is 0 Å². The third kappa shape index (κ3) is 4.31. The molecule has 1 N–H and O–H groups in total. The monoisotopic (exact) mass is 312 g/mol. The highest BCUT2D eigenvalue weighted by molar-refractivity contribution is 5.11. The van der Waals surface area contributed by atoms with Crippen molar-refractivity contribution in [3.05, 3.63) is 12.2 Å². The van der Waals surface area contributed by atoms with Crippen LogP contribution in [0.1, 0.15) is 52.4 Å². The lowest BCUT2D eigenvalue weighted by Crippen LogP contribution is -2.35. The molecule has 128 valence electrons. The standard InChI is InChI=1S/C18H32O4/c1-5-14-9-12(2)13(3)17(21-14)10-15-11-18(20-4)16(22-15)7-6-8-19/h12,14-19H,3,5-11H2,1-2,4H3/t12-,14+,15+,16-,17?,18-/m1/s1. The zero-order valence-corrected chi connectivity index (χ0v) is 14.3. The fourth-order valence-electron chi connectivity index (χ4n) is 3.69. The van der Waals surface area contributed by atoms with Crippen molar-refractivity contribution in [3.63, 3.8) is 0 Å². The third-order valence-electron chi connectivity index (χ3n) is 5.18. The van der Waals surface area contributed by atoms with Gasteiger partial charge in [0.2, 0.25) is 0 Å². The fraction of sp³-hybridized carbons (Fsp3) is 0.889. The van der Waals surface area contributed by atoms with E-state index in [1.807, 2.05) is 0 Å². The Morgan fingerprint density at radius 2 is 2.05 bits per heavy atom. The average Bonchev–Trinajstić information content (AvgIpc) is 2.91. The molecular weight excluding hydrogens is 280 g/mol. The molecule has 0 aromatic rings. The molecular formula is C18H32O4. The molecule has 2 fully saturated rings. The molecule has 0 aromatic carbocycles. The van der Waals surface area contributed by atoms with Gasteiger partial charge < -0.3 is 19.3 Å². The summed E-state index contributed by atoms with van der Waals surface area (Å²) < 4.78 is 17.9. The summed E-state index contributed by atoms with van der Waals surface area (Å²) >= 11 is 0. The molecule has 2 aliphatic rings. The summed E-state index contributed by atoms with van der Waals surface area (Å²) in [5.74, 6) is 0.522. The van der Waals surface area contributed by atoms with Crippen LogP contribution < -0.4 is 0 Å². The quantitative estimate of drug-likeness (QED) is 0.734. The zero-order valence-electron chi connectivity index (χ0n) is 14.3. The molecule has 0 radical (unpaired) electrons. The second kappa shape index (κ2) is 8.44. The van der Waals surface area contributed by atoms with Crippen molar-refractivity contribution in [2.24, 2.45) is 5.92 Å². The minimum Gasteiger partial charge on any atom is -0.396 e. The van der Waals surface area contributed by atoms with Crippen LogP contribution in [0.5, 0.6) is 0 Å². The predicted molar refractivity (Wildman–Crippen MR) is 86.9 cm³/mol. The Morgan fingerprint density at radius 3 is 2.68 bits per heavy atom. The second-order valence-corrected chi connectivity index (χ2v) is 6.77. The molecule has 0 aromatic heterocycles. The molecule has 4 heteroatoms. The molecule has 0 bridgehead atoms. The van der Waals surface area contributed by atoms with Gasteiger partial charge in [0.25, 0.3) is 0 Å².